The van der Waals surface area contributed by atoms with Gasteiger partial charge in [0.15, 0.2) is 17.5 Å². The van der Waals surface area contributed by atoms with E-state index < -0.39 is 0 Å². The molecule has 13 aromatic rings. The van der Waals surface area contributed by atoms with Crippen LogP contribution in [0.1, 0.15) is 0 Å². The van der Waals surface area contributed by atoms with Gasteiger partial charge < -0.3 is 0 Å². The van der Waals surface area contributed by atoms with E-state index in [2.05, 4.69) is 217 Å². The fourth-order valence-corrected chi connectivity index (χ4v) is 9.69. The van der Waals surface area contributed by atoms with E-state index in [1.54, 1.807) is 6.20 Å². The molecule has 13 rings (SSSR count). The number of rotatable bonds is 6. The fourth-order valence-electron chi connectivity index (χ4n) is 9.69. The molecule has 0 spiro atoms. The Balaban J connectivity index is 1.05. The van der Waals surface area contributed by atoms with Crippen molar-refractivity contribution in [2.45, 2.75) is 0 Å². The minimum atomic E-state index is 0.601. The second-order valence-electron chi connectivity index (χ2n) is 17.1. The standard InChI is InChI=1S/C62H38N4/c1-2-13-44-31-52-32-50(26-25-47(52)28-41(44)10-1)61-64-60(40-23-21-39(22-24-40)51-18-9-27-63-38-51)65-62(66-61)55-34-53(56-19-7-16-48-29-42-11-3-5-14-45(42)36-58(48)56)33-54(35-55)57-20-8-17-49-30-43-12-4-6-15-46(43)37-59(49)57/h1-38H. The topological polar surface area (TPSA) is 51.6 Å². The minimum absolute atomic E-state index is 0.601. The summed E-state index contributed by atoms with van der Waals surface area (Å²) in [6.45, 7) is 0. The zero-order valence-corrected chi connectivity index (χ0v) is 35.7. The predicted octanol–water partition coefficient (Wildman–Crippen LogP) is 16.2. The maximum Gasteiger partial charge on any atom is 0.164 e. The molecule has 0 aliphatic rings. The van der Waals surface area contributed by atoms with Gasteiger partial charge in [0.2, 0.25) is 0 Å². The van der Waals surface area contributed by atoms with Crippen LogP contribution in [-0.4, -0.2) is 19.9 Å². The quantitative estimate of drug-likeness (QED) is 0.157. The van der Waals surface area contributed by atoms with Crippen molar-refractivity contribution >= 4 is 64.6 Å². The normalized spacial score (nSPS) is 11.6. The van der Waals surface area contributed by atoms with Gasteiger partial charge in [0, 0.05) is 29.1 Å². The molecule has 4 heteroatoms. The van der Waals surface area contributed by atoms with Crippen molar-refractivity contribution in [3.8, 4) is 67.5 Å². The lowest BCUT2D eigenvalue weighted by Crippen LogP contribution is -2.01. The zero-order chi connectivity index (χ0) is 43.6. The molecule has 2 aromatic heterocycles. The van der Waals surface area contributed by atoms with Crippen LogP contribution in [0.3, 0.4) is 0 Å². The number of hydrogen-bond acceptors (Lipinski definition) is 4. The summed E-state index contributed by atoms with van der Waals surface area (Å²) in [4.78, 5) is 20.3. The summed E-state index contributed by atoms with van der Waals surface area (Å²) in [6, 6.07) is 78.5. The van der Waals surface area contributed by atoms with Crippen LogP contribution in [0.15, 0.2) is 231 Å². The van der Waals surface area contributed by atoms with Gasteiger partial charge in [-0.05, 0) is 165 Å². The van der Waals surface area contributed by atoms with E-state index >= 15 is 0 Å². The van der Waals surface area contributed by atoms with Gasteiger partial charge >= 0.3 is 0 Å². The van der Waals surface area contributed by atoms with Crippen LogP contribution in [0.25, 0.3) is 132 Å². The largest absolute Gasteiger partial charge is 0.264 e. The molecular weight excluding hydrogens is 801 g/mol. The summed E-state index contributed by atoms with van der Waals surface area (Å²) >= 11 is 0. The van der Waals surface area contributed by atoms with Crippen LogP contribution in [0.4, 0.5) is 0 Å². The van der Waals surface area contributed by atoms with Gasteiger partial charge in [-0.2, -0.15) is 0 Å². The van der Waals surface area contributed by atoms with Crippen molar-refractivity contribution in [1.29, 1.82) is 0 Å². The molecule has 11 aromatic carbocycles. The smallest absolute Gasteiger partial charge is 0.164 e. The first-order valence-corrected chi connectivity index (χ1v) is 22.3. The van der Waals surface area contributed by atoms with Gasteiger partial charge in [-0.25, -0.2) is 15.0 Å². The molecule has 0 unspecified atom stereocenters. The van der Waals surface area contributed by atoms with Crippen LogP contribution in [0, 0.1) is 0 Å². The summed E-state index contributed by atoms with van der Waals surface area (Å²) in [7, 11) is 0. The van der Waals surface area contributed by atoms with E-state index in [0.717, 1.165) is 55.5 Å². The Kier molecular flexibility index (Phi) is 8.81. The molecular formula is C62H38N4. The highest BCUT2D eigenvalue weighted by atomic mass is 15.0. The summed E-state index contributed by atoms with van der Waals surface area (Å²) in [5.41, 5.74) is 9.32. The first-order valence-electron chi connectivity index (χ1n) is 22.3. The lowest BCUT2D eigenvalue weighted by atomic mass is 9.90. The number of hydrogen-bond donors (Lipinski definition) is 0. The van der Waals surface area contributed by atoms with Crippen LogP contribution >= 0.6 is 0 Å². The molecule has 0 saturated carbocycles. The maximum absolute atomic E-state index is 5.38. The Hall–Kier alpha value is -8.86. The number of fused-ring (bicyclic) bond motifs is 6. The molecule has 0 aliphatic carbocycles. The molecule has 0 bridgehead atoms. The van der Waals surface area contributed by atoms with Gasteiger partial charge in [0.1, 0.15) is 0 Å². The Bertz CT molecular complexity index is 3910. The van der Waals surface area contributed by atoms with Crippen molar-refractivity contribution in [2.75, 3.05) is 0 Å². The minimum Gasteiger partial charge on any atom is -0.264 e. The summed E-state index contributed by atoms with van der Waals surface area (Å²) in [5, 5.41) is 14.3. The Labute approximate surface area is 381 Å². The third-order valence-electron chi connectivity index (χ3n) is 13.0. The molecule has 306 valence electrons. The van der Waals surface area contributed by atoms with Gasteiger partial charge in [-0.3, -0.25) is 4.98 Å². The number of benzene rings is 11. The molecule has 0 saturated heterocycles. The number of pyridine rings is 1. The Morgan fingerprint density at radius 1 is 0.227 bits per heavy atom. The first kappa shape index (κ1) is 37.7. The monoisotopic (exact) mass is 838 g/mol. The highest BCUT2D eigenvalue weighted by molar-refractivity contribution is 6.08. The van der Waals surface area contributed by atoms with Crippen molar-refractivity contribution in [3.05, 3.63) is 231 Å². The molecule has 2 heterocycles. The SMILES string of the molecule is c1cncc(-c2ccc(-c3nc(-c4cc(-c5cccc6cc7ccccc7cc56)cc(-c5cccc6cc7ccccc7cc56)c4)nc(-c4ccc5cc6ccccc6cc5c4)n3)cc2)c1. The van der Waals surface area contributed by atoms with Gasteiger partial charge in [-0.15, -0.1) is 0 Å². The van der Waals surface area contributed by atoms with Crippen LogP contribution < -0.4 is 0 Å². The molecule has 0 atom stereocenters. The molecule has 4 nitrogen and oxygen atoms in total. The Morgan fingerprint density at radius 3 is 1.20 bits per heavy atom. The van der Waals surface area contributed by atoms with Crippen LogP contribution in [0.2, 0.25) is 0 Å². The van der Waals surface area contributed by atoms with Crippen molar-refractivity contribution in [2.24, 2.45) is 0 Å². The Morgan fingerprint density at radius 2 is 0.652 bits per heavy atom. The fraction of sp³-hybridized carbons (Fsp3) is 0. The second-order valence-corrected chi connectivity index (χ2v) is 17.1. The molecule has 0 radical (unpaired) electrons. The van der Waals surface area contributed by atoms with E-state index in [0.29, 0.717) is 17.5 Å². The predicted molar refractivity (Wildman–Crippen MR) is 275 cm³/mol. The molecule has 66 heavy (non-hydrogen) atoms. The number of nitrogens with zero attached hydrogens (tertiary/aromatic N) is 4. The highest BCUT2D eigenvalue weighted by Gasteiger charge is 2.18. The van der Waals surface area contributed by atoms with Crippen LogP contribution in [-0.2, 0) is 0 Å². The van der Waals surface area contributed by atoms with Crippen LogP contribution in [0.5, 0.6) is 0 Å². The molecule has 0 aliphatic heterocycles. The molecule has 0 N–H and O–H groups in total. The average molecular weight is 839 g/mol. The zero-order valence-electron chi connectivity index (χ0n) is 35.7. The average Bonchev–Trinajstić information content (AvgIpc) is 3.38. The molecule has 0 fully saturated rings. The van der Waals surface area contributed by atoms with Crippen molar-refractivity contribution in [3.63, 3.8) is 0 Å². The maximum atomic E-state index is 5.38. The summed E-state index contributed by atoms with van der Waals surface area (Å²) < 4.78 is 0. The van der Waals surface area contributed by atoms with Gasteiger partial charge in [-0.1, -0.05) is 152 Å². The van der Waals surface area contributed by atoms with Crippen molar-refractivity contribution < 1.29 is 0 Å². The highest BCUT2D eigenvalue weighted by Crippen LogP contribution is 2.40. The van der Waals surface area contributed by atoms with E-state index in [1.807, 2.05) is 12.3 Å². The second kappa shape index (κ2) is 15.4. The van der Waals surface area contributed by atoms with E-state index in [-0.39, 0.29) is 0 Å². The first-order chi connectivity index (χ1) is 32.6. The van der Waals surface area contributed by atoms with E-state index in [4.69, 9.17) is 15.0 Å². The number of aromatic nitrogens is 4. The molecule has 0 amide bonds. The lowest BCUT2D eigenvalue weighted by molar-refractivity contribution is 1.07. The van der Waals surface area contributed by atoms with E-state index in [9.17, 15) is 0 Å². The summed E-state index contributed by atoms with van der Waals surface area (Å²) in [5.74, 6) is 1.82. The van der Waals surface area contributed by atoms with Crippen molar-refractivity contribution in [1.82, 2.24) is 19.9 Å². The van der Waals surface area contributed by atoms with E-state index in [1.165, 1.54) is 59.2 Å². The van der Waals surface area contributed by atoms with Gasteiger partial charge in [0.25, 0.3) is 0 Å². The van der Waals surface area contributed by atoms with Gasteiger partial charge in [0.05, 0.1) is 0 Å². The summed E-state index contributed by atoms with van der Waals surface area (Å²) in [6.07, 6.45) is 3.68. The lowest BCUT2D eigenvalue weighted by Gasteiger charge is -2.15. The third kappa shape index (κ3) is 6.72. The third-order valence-corrected chi connectivity index (χ3v) is 13.0.